The minimum atomic E-state index is 0.181. The summed E-state index contributed by atoms with van der Waals surface area (Å²) in [7, 11) is 1.65. The van der Waals surface area contributed by atoms with Crippen LogP contribution in [0, 0.1) is 0 Å². The number of nitrogens with one attached hydrogen (secondary N) is 1. The third-order valence-electron chi connectivity index (χ3n) is 2.40. The van der Waals surface area contributed by atoms with Crippen molar-refractivity contribution in [2.45, 2.75) is 11.3 Å². The van der Waals surface area contributed by atoms with Crippen molar-refractivity contribution in [1.82, 2.24) is 5.43 Å². The average Bonchev–Trinajstić information content (AvgIpc) is 2.35. The molecule has 0 bridgehead atoms. The first-order valence-corrected chi connectivity index (χ1v) is 6.53. The van der Waals surface area contributed by atoms with Crippen molar-refractivity contribution in [3.05, 3.63) is 23.8 Å². The standard InChI is InChI=1S/C11H13N3OS2/c1-15-7-2-3-10-8(6-7)9(4-5-17-10)13-14-11(12)16/h2-3,6H,4-5H2,1H3,(H3,12,14,16). The fourth-order valence-electron chi connectivity index (χ4n) is 1.62. The zero-order chi connectivity index (χ0) is 12.3. The Morgan fingerprint density at radius 1 is 1.59 bits per heavy atom. The Bertz CT molecular complexity index is 474. The number of thioether (sulfide) groups is 1. The highest BCUT2D eigenvalue weighted by Crippen LogP contribution is 2.32. The molecule has 0 atom stereocenters. The van der Waals surface area contributed by atoms with Crippen molar-refractivity contribution in [1.29, 1.82) is 0 Å². The normalized spacial score (nSPS) is 16.4. The largest absolute Gasteiger partial charge is 0.497 e. The Kier molecular flexibility index (Phi) is 3.86. The lowest BCUT2D eigenvalue weighted by molar-refractivity contribution is 0.414. The molecule has 90 valence electrons. The van der Waals surface area contributed by atoms with Gasteiger partial charge in [-0.3, -0.25) is 5.43 Å². The molecule has 6 heteroatoms. The summed E-state index contributed by atoms with van der Waals surface area (Å²) in [6, 6.07) is 5.99. The molecule has 0 spiro atoms. The van der Waals surface area contributed by atoms with Crippen LogP contribution < -0.4 is 15.9 Å². The van der Waals surface area contributed by atoms with Crippen LogP contribution in [0.3, 0.4) is 0 Å². The van der Waals surface area contributed by atoms with E-state index in [1.165, 1.54) is 4.90 Å². The molecule has 4 nitrogen and oxygen atoms in total. The minimum Gasteiger partial charge on any atom is -0.497 e. The van der Waals surface area contributed by atoms with Gasteiger partial charge >= 0.3 is 0 Å². The van der Waals surface area contributed by atoms with Crippen molar-refractivity contribution in [2.75, 3.05) is 12.9 Å². The summed E-state index contributed by atoms with van der Waals surface area (Å²) in [5.41, 5.74) is 10.1. The molecule has 1 aliphatic rings. The third-order valence-corrected chi connectivity index (χ3v) is 3.56. The van der Waals surface area contributed by atoms with Crippen molar-refractivity contribution >= 4 is 34.8 Å². The van der Waals surface area contributed by atoms with Crippen LogP contribution in [0.2, 0.25) is 0 Å². The second-order valence-corrected chi connectivity index (χ2v) is 5.07. The molecule has 0 saturated carbocycles. The number of nitrogens with two attached hydrogens (primary N) is 1. The summed E-state index contributed by atoms with van der Waals surface area (Å²) in [5.74, 6) is 1.84. The molecule has 3 N–H and O–H groups in total. The topological polar surface area (TPSA) is 59.6 Å². The van der Waals surface area contributed by atoms with Crippen LogP contribution in [0.15, 0.2) is 28.2 Å². The Morgan fingerprint density at radius 3 is 3.12 bits per heavy atom. The Morgan fingerprint density at radius 2 is 2.41 bits per heavy atom. The molecule has 0 fully saturated rings. The second-order valence-electron chi connectivity index (χ2n) is 3.50. The van der Waals surface area contributed by atoms with E-state index in [4.69, 9.17) is 22.7 Å². The van der Waals surface area contributed by atoms with Crippen LogP contribution in [-0.2, 0) is 0 Å². The van der Waals surface area contributed by atoms with Crippen LogP contribution in [-0.4, -0.2) is 23.7 Å². The highest BCUT2D eigenvalue weighted by atomic mass is 32.2. The predicted octanol–water partition coefficient (Wildman–Crippen LogP) is 1.73. The van der Waals surface area contributed by atoms with E-state index < -0.39 is 0 Å². The number of nitrogens with zero attached hydrogens (tertiary/aromatic N) is 1. The quantitative estimate of drug-likeness (QED) is 0.631. The Labute approximate surface area is 110 Å². The molecule has 0 saturated heterocycles. The monoisotopic (exact) mass is 267 g/mol. The number of ether oxygens (including phenoxy) is 1. The molecule has 0 aromatic heterocycles. The van der Waals surface area contributed by atoms with Crippen molar-refractivity contribution in [3.63, 3.8) is 0 Å². The lowest BCUT2D eigenvalue weighted by Gasteiger charge is -2.18. The first-order valence-electron chi connectivity index (χ1n) is 5.14. The molecule has 2 rings (SSSR count). The third kappa shape index (κ3) is 2.89. The van der Waals surface area contributed by atoms with Gasteiger partial charge in [0, 0.05) is 22.6 Å². The Hall–Kier alpha value is -1.27. The highest BCUT2D eigenvalue weighted by Gasteiger charge is 2.17. The van der Waals surface area contributed by atoms with E-state index in [-0.39, 0.29) is 5.11 Å². The molecule has 0 radical (unpaired) electrons. The number of fused-ring (bicyclic) bond motifs is 1. The number of hydrogen-bond acceptors (Lipinski definition) is 4. The van der Waals surface area contributed by atoms with E-state index in [0.29, 0.717) is 0 Å². The molecular formula is C11H13N3OS2. The molecule has 1 aromatic carbocycles. The first kappa shape index (κ1) is 12.2. The molecule has 1 aliphatic heterocycles. The lowest BCUT2D eigenvalue weighted by atomic mass is 10.1. The van der Waals surface area contributed by atoms with Gasteiger partial charge in [-0.05, 0) is 30.4 Å². The molecule has 1 heterocycles. The van der Waals surface area contributed by atoms with Crippen molar-refractivity contribution in [3.8, 4) is 5.75 Å². The summed E-state index contributed by atoms with van der Waals surface area (Å²) in [6.07, 6.45) is 0.889. The van der Waals surface area contributed by atoms with Gasteiger partial charge in [-0.2, -0.15) is 5.10 Å². The van der Waals surface area contributed by atoms with Gasteiger partial charge in [-0.1, -0.05) is 0 Å². The zero-order valence-electron chi connectivity index (χ0n) is 9.40. The maximum Gasteiger partial charge on any atom is 0.184 e. The van der Waals surface area contributed by atoms with Crippen LogP contribution >= 0.6 is 24.0 Å². The lowest BCUT2D eigenvalue weighted by Crippen LogP contribution is -2.26. The van der Waals surface area contributed by atoms with E-state index in [1.807, 2.05) is 30.0 Å². The first-order chi connectivity index (χ1) is 8.20. The van der Waals surface area contributed by atoms with Crippen LogP contribution in [0.1, 0.15) is 12.0 Å². The van der Waals surface area contributed by atoms with Gasteiger partial charge in [0.2, 0.25) is 0 Å². The van der Waals surface area contributed by atoms with Crippen LogP contribution in [0.5, 0.6) is 5.75 Å². The van der Waals surface area contributed by atoms with Crippen LogP contribution in [0.4, 0.5) is 0 Å². The number of thiocarbonyl (C=S) groups is 1. The van der Waals surface area contributed by atoms with Gasteiger partial charge in [0.1, 0.15) is 5.75 Å². The molecule has 1 aromatic rings. The number of hydrazone groups is 1. The van der Waals surface area contributed by atoms with E-state index in [9.17, 15) is 0 Å². The van der Waals surface area contributed by atoms with Gasteiger partial charge in [-0.15, -0.1) is 11.8 Å². The van der Waals surface area contributed by atoms with Crippen LogP contribution in [0.25, 0.3) is 0 Å². The summed E-state index contributed by atoms with van der Waals surface area (Å²) in [6.45, 7) is 0. The number of rotatable bonds is 2. The smallest absolute Gasteiger partial charge is 0.184 e. The van der Waals surface area contributed by atoms with Gasteiger partial charge in [0.15, 0.2) is 5.11 Å². The summed E-state index contributed by atoms with van der Waals surface area (Å²) < 4.78 is 5.22. The summed E-state index contributed by atoms with van der Waals surface area (Å²) >= 11 is 6.56. The molecule has 17 heavy (non-hydrogen) atoms. The number of methoxy groups -OCH3 is 1. The summed E-state index contributed by atoms with van der Waals surface area (Å²) in [5, 5.41) is 4.41. The van der Waals surface area contributed by atoms with Gasteiger partial charge in [0.25, 0.3) is 0 Å². The van der Waals surface area contributed by atoms with Gasteiger partial charge in [0.05, 0.1) is 12.8 Å². The molecule has 0 aliphatic carbocycles. The van der Waals surface area contributed by atoms with E-state index in [0.717, 1.165) is 29.2 Å². The summed E-state index contributed by atoms with van der Waals surface area (Å²) in [4.78, 5) is 1.21. The van der Waals surface area contributed by atoms with Crippen molar-refractivity contribution < 1.29 is 4.74 Å². The highest BCUT2D eigenvalue weighted by molar-refractivity contribution is 7.99. The predicted molar refractivity (Wildman–Crippen MR) is 74.8 cm³/mol. The van der Waals surface area contributed by atoms with E-state index >= 15 is 0 Å². The maximum absolute atomic E-state index is 5.37. The maximum atomic E-state index is 5.37. The second kappa shape index (κ2) is 5.37. The SMILES string of the molecule is COc1ccc2c(c1)C(=NNC(N)=S)CCS2. The zero-order valence-corrected chi connectivity index (χ0v) is 11.0. The fourth-order valence-corrected chi connectivity index (χ4v) is 2.68. The molecular weight excluding hydrogens is 254 g/mol. The Balaban J connectivity index is 2.35. The van der Waals surface area contributed by atoms with Gasteiger partial charge in [-0.25, -0.2) is 0 Å². The minimum absolute atomic E-state index is 0.181. The molecule has 0 amide bonds. The molecule has 0 unspecified atom stereocenters. The number of hydrogen-bond donors (Lipinski definition) is 2. The average molecular weight is 267 g/mol. The van der Waals surface area contributed by atoms with E-state index in [1.54, 1.807) is 7.11 Å². The van der Waals surface area contributed by atoms with Crippen molar-refractivity contribution in [2.24, 2.45) is 10.8 Å². The number of benzene rings is 1. The van der Waals surface area contributed by atoms with Gasteiger partial charge < -0.3 is 10.5 Å². The fraction of sp³-hybridized carbons (Fsp3) is 0.273. The van der Waals surface area contributed by atoms with E-state index in [2.05, 4.69) is 10.5 Å².